The van der Waals surface area contributed by atoms with Gasteiger partial charge in [-0.15, -0.1) is 0 Å². The maximum Gasteiger partial charge on any atom is 0.307 e. The van der Waals surface area contributed by atoms with Crippen LogP contribution in [0.5, 0.6) is 0 Å². The van der Waals surface area contributed by atoms with Crippen molar-refractivity contribution in [2.24, 2.45) is 56.7 Å². The first kappa shape index (κ1) is 31.1. The third-order valence-electron chi connectivity index (χ3n) is 15.1. The number of carboxylic acids is 1. The highest BCUT2D eigenvalue weighted by Crippen LogP contribution is 2.75. The van der Waals surface area contributed by atoms with E-state index in [2.05, 4.69) is 64.2 Å². The fourth-order valence-corrected chi connectivity index (χ4v) is 12.2. The highest BCUT2D eigenvalue weighted by Gasteiger charge is 2.71. The molecule has 7 rings (SSSR count). The number of aliphatic carboxylic acids is 1. The van der Waals surface area contributed by atoms with Crippen molar-refractivity contribution in [2.75, 3.05) is 13.2 Å². The van der Waals surface area contributed by atoms with Crippen LogP contribution in [0.25, 0.3) is 11.3 Å². The van der Waals surface area contributed by atoms with E-state index in [0.29, 0.717) is 36.9 Å². The molecule has 45 heavy (non-hydrogen) atoms. The van der Waals surface area contributed by atoms with Crippen LogP contribution in [-0.2, 0) is 9.53 Å². The van der Waals surface area contributed by atoms with Crippen LogP contribution in [0.1, 0.15) is 93.0 Å². The van der Waals surface area contributed by atoms with Crippen LogP contribution in [0.4, 0.5) is 0 Å². The molecular formula is C38H53N3O4. The highest BCUT2D eigenvalue weighted by atomic mass is 16.5. The second-order valence-electron chi connectivity index (χ2n) is 17.0. The standard InChI is InChI=1S/C38H53N3O4/c1-23(2)24(3)34(4)15-16-36(6)26-8-9-30-35(5)21-45-22-38(30,27(26)10-14-37(36,7)31(34)33(43)44)20-29(32(35)42)41-28(13-19-40-41)25-11-17-39-18-12-25/h10-13,17-19,23-24,26,29-32,42H,8-9,14-16,20-22H2,1-7H3,(H,43,44)/t24-,26+,29-,30+,31-,32+,34-,35?,36-,37+,38+/m1/s1. The van der Waals surface area contributed by atoms with Gasteiger partial charge in [0.15, 0.2) is 0 Å². The number of carboxylic acid groups (broad SMARTS) is 1. The fraction of sp³-hybridized carbons (Fsp3) is 0.711. The molecule has 2 aromatic rings. The minimum atomic E-state index is -0.626. The molecule has 0 amide bonds. The lowest BCUT2D eigenvalue weighted by molar-refractivity contribution is -0.240. The van der Waals surface area contributed by atoms with Gasteiger partial charge in [-0.2, -0.15) is 5.10 Å². The number of aliphatic hydroxyl groups excluding tert-OH is 1. The second kappa shape index (κ2) is 10.2. The van der Waals surface area contributed by atoms with Gasteiger partial charge in [-0.05, 0) is 96.6 Å². The van der Waals surface area contributed by atoms with Gasteiger partial charge in [0, 0.05) is 35.0 Å². The molecule has 7 heteroatoms. The zero-order chi connectivity index (χ0) is 32.2. The van der Waals surface area contributed by atoms with Gasteiger partial charge in [0.05, 0.1) is 37.0 Å². The van der Waals surface area contributed by atoms with E-state index in [9.17, 15) is 15.0 Å². The Hall–Kier alpha value is -2.51. The van der Waals surface area contributed by atoms with Gasteiger partial charge in [0.1, 0.15) is 0 Å². The first-order valence-corrected chi connectivity index (χ1v) is 17.4. The van der Waals surface area contributed by atoms with Crippen LogP contribution >= 0.6 is 0 Å². The van der Waals surface area contributed by atoms with Gasteiger partial charge >= 0.3 is 5.97 Å². The van der Waals surface area contributed by atoms with Crippen LogP contribution < -0.4 is 0 Å². The van der Waals surface area contributed by atoms with Crippen molar-refractivity contribution in [3.63, 3.8) is 0 Å². The largest absolute Gasteiger partial charge is 0.481 e. The summed E-state index contributed by atoms with van der Waals surface area (Å²) < 4.78 is 8.58. The lowest BCUT2D eigenvalue weighted by Gasteiger charge is -2.71. The van der Waals surface area contributed by atoms with E-state index in [1.54, 1.807) is 12.4 Å². The Morgan fingerprint density at radius 1 is 1.00 bits per heavy atom. The topological polar surface area (TPSA) is 97.5 Å². The Kier molecular flexibility index (Phi) is 7.08. The quantitative estimate of drug-likeness (QED) is 0.340. The van der Waals surface area contributed by atoms with Crippen molar-refractivity contribution < 1.29 is 19.7 Å². The van der Waals surface area contributed by atoms with Gasteiger partial charge < -0.3 is 14.9 Å². The van der Waals surface area contributed by atoms with E-state index >= 15 is 0 Å². The number of ether oxygens (including phenoxy) is 1. The van der Waals surface area contributed by atoms with Crippen LogP contribution in [0.2, 0.25) is 0 Å². The van der Waals surface area contributed by atoms with Gasteiger partial charge in [-0.1, -0.05) is 60.1 Å². The number of fused-ring (bicyclic) bond motifs is 3. The van der Waals surface area contributed by atoms with Crippen molar-refractivity contribution >= 4 is 5.97 Å². The van der Waals surface area contributed by atoms with E-state index in [-0.39, 0.29) is 27.7 Å². The minimum absolute atomic E-state index is 0.136. The molecule has 2 N–H and O–H groups in total. The molecule has 1 saturated heterocycles. The summed E-state index contributed by atoms with van der Waals surface area (Å²) in [5.74, 6) is 0.318. The SMILES string of the molecule is CC(C)[C@@H](C)[C@@]1(C)CC[C@]2(C)[C@H]3CC[C@H]4C5(C)COC[C@@]4(C[C@@H](n4nccc4-c4ccncc4)[C@@H]5O)C3=CC[C@@]2(C)[C@@H]1C(=O)O. The van der Waals surface area contributed by atoms with Crippen molar-refractivity contribution in [3.8, 4) is 11.3 Å². The molecule has 1 unspecified atom stereocenters. The van der Waals surface area contributed by atoms with Crippen molar-refractivity contribution in [1.29, 1.82) is 0 Å². The normalized spacial score (nSPS) is 44.7. The lowest BCUT2D eigenvalue weighted by atomic mass is 9.34. The number of allylic oxidation sites excluding steroid dienone is 1. The summed E-state index contributed by atoms with van der Waals surface area (Å²) in [5, 5.41) is 28.0. The molecule has 2 aromatic heterocycles. The summed E-state index contributed by atoms with van der Waals surface area (Å²) in [6.45, 7) is 17.2. The van der Waals surface area contributed by atoms with Gasteiger partial charge in [-0.25, -0.2) is 0 Å². The molecule has 11 atom stereocenters. The molecule has 3 heterocycles. The predicted octanol–water partition coefficient (Wildman–Crippen LogP) is 7.44. The molecule has 1 aliphatic heterocycles. The predicted molar refractivity (Wildman–Crippen MR) is 174 cm³/mol. The zero-order valence-electron chi connectivity index (χ0n) is 28.3. The average molecular weight is 616 g/mol. The Labute approximate surface area is 268 Å². The van der Waals surface area contributed by atoms with Gasteiger partial charge in [-0.3, -0.25) is 14.5 Å². The maximum absolute atomic E-state index is 13.4. The maximum atomic E-state index is 13.4. The summed E-state index contributed by atoms with van der Waals surface area (Å²) in [6.07, 6.45) is 12.9. The number of hydrogen-bond donors (Lipinski definition) is 2. The van der Waals surface area contributed by atoms with Gasteiger partial charge in [0.2, 0.25) is 0 Å². The molecular weight excluding hydrogens is 562 g/mol. The fourth-order valence-electron chi connectivity index (χ4n) is 12.2. The Bertz CT molecular complexity index is 1500. The van der Waals surface area contributed by atoms with Gasteiger partial charge in [0.25, 0.3) is 0 Å². The smallest absolute Gasteiger partial charge is 0.307 e. The van der Waals surface area contributed by atoms with E-state index in [0.717, 1.165) is 49.8 Å². The van der Waals surface area contributed by atoms with E-state index in [4.69, 9.17) is 9.84 Å². The summed E-state index contributed by atoms with van der Waals surface area (Å²) in [5.41, 5.74) is 2.17. The molecule has 0 aromatic carbocycles. The van der Waals surface area contributed by atoms with E-state index in [1.807, 2.05) is 24.4 Å². The molecule has 5 aliphatic rings. The van der Waals surface area contributed by atoms with Crippen LogP contribution in [0.15, 0.2) is 48.4 Å². The Morgan fingerprint density at radius 2 is 1.73 bits per heavy atom. The summed E-state index contributed by atoms with van der Waals surface area (Å²) >= 11 is 0. The molecule has 4 aliphatic carbocycles. The van der Waals surface area contributed by atoms with Crippen molar-refractivity contribution in [2.45, 2.75) is 99.1 Å². The Balaban J connectivity index is 1.34. The van der Waals surface area contributed by atoms with E-state index in [1.165, 1.54) is 5.57 Å². The number of pyridine rings is 1. The summed E-state index contributed by atoms with van der Waals surface area (Å²) in [4.78, 5) is 17.6. The molecule has 244 valence electrons. The molecule has 3 saturated carbocycles. The summed E-state index contributed by atoms with van der Waals surface area (Å²) in [7, 11) is 0. The Morgan fingerprint density at radius 3 is 2.42 bits per heavy atom. The second-order valence-corrected chi connectivity index (χ2v) is 17.0. The molecule has 0 spiro atoms. The number of aromatic nitrogens is 3. The van der Waals surface area contributed by atoms with Crippen molar-refractivity contribution in [3.05, 3.63) is 48.4 Å². The lowest BCUT2D eigenvalue weighted by Crippen LogP contribution is -2.68. The molecule has 2 bridgehead atoms. The van der Waals surface area contributed by atoms with E-state index < -0.39 is 23.4 Å². The summed E-state index contributed by atoms with van der Waals surface area (Å²) in [6, 6.07) is 5.86. The highest BCUT2D eigenvalue weighted by molar-refractivity contribution is 5.73. The number of nitrogens with zero attached hydrogens (tertiary/aromatic N) is 3. The average Bonchev–Trinajstić information content (AvgIpc) is 3.49. The molecule has 7 nitrogen and oxygen atoms in total. The minimum Gasteiger partial charge on any atom is -0.481 e. The number of aliphatic hydroxyl groups is 1. The third-order valence-corrected chi connectivity index (χ3v) is 15.1. The first-order valence-electron chi connectivity index (χ1n) is 17.4. The van der Waals surface area contributed by atoms with Crippen molar-refractivity contribution in [1.82, 2.24) is 14.8 Å². The molecule has 0 radical (unpaired) electrons. The third kappa shape index (κ3) is 3.98. The zero-order valence-corrected chi connectivity index (χ0v) is 28.3. The van der Waals surface area contributed by atoms with Crippen LogP contribution in [0.3, 0.4) is 0 Å². The number of carbonyl (C=O) groups is 1. The number of rotatable bonds is 5. The molecule has 4 fully saturated rings. The van der Waals surface area contributed by atoms with Crippen LogP contribution in [-0.4, -0.2) is 50.3 Å². The number of hydrogen-bond acceptors (Lipinski definition) is 5. The first-order chi connectivity index (χ1) is 21.2. The van der Waals surface area contributed by atoms with Crippen LogP contribution in [0, 0.1) is 56.7 Å². The monoisotopic (exact) mass is 615 g/mol.